The van der Waals surface area contributed by atoms with E-state index < -0.39 is 20.0 Å². The van der Waals surface area contributed by atoms with E-state index in [1.165, 1.54) is 4.31 Å². The van der Waals surface area contributed by atoms with Gasteiger partial charge < -0.3 is 9.47 Å². The number of sulfonamides is 2. The molecule has 2 aliphatic rings. The quantitative estimate of drug-likeness (QED) is 0.748. The van der Waals surface area contributed by atoms with E-state index in [2.05, 4.69) is 4.72 Å². The number of aryl methyl sites for hydroxylation is 2. The minimum atomic E-state index is -3.80. The molecule has 0 bridgehead atoms. The molecule has 0 saturated carbocycles. The van der Waals surface area contributed by atoms with E-state index in [0.717, 1.165) is 12.0 Å². The third-order valence-corrected chi connectivity index (χ3v) is 8.83. The third kappa shape index (κ3) is 3.99. The highest BCUT2D eigenvalue weighted by molar-refractivity contribution is 7.92. The second-order valence-electron chi connectivity index (χ2n) is 7.52. The van der Waals surface area contributed by atoms with Crippen LogP contribution in [0.1, 0.15) is 29.5 Å². The molecule has 0 spiro atoms. The Labute approximate surface area is 176 Å². The lowest BCUT2D eigenvalue weighted by Gasteiger charge is -2.29. The lowest BCUT2D eigenvalue weighted by molar-refractivity contribution is 0.174. The van der Waals surface area contributed by atoms with Gasteiger partial charge in [-0.3, -0.25) is 4.31 Å². The molecule has 1 fully saturated rings. The second kappa shape index (κ2) is 7.75. The zero-order chi connectivity index (χ0) is 21.5. The number of nitrogens with zero attached hydrogens (tertiary/aromatic N) is 1. The van der Waals surface area contributed by atoms with E-state index in [4.69, 9.17) is 9.47 Å². The van der Waals surface area contributed by atoms with Crippen LogP contribution in [-0.4, -0.2) is 35.9 Å². The minimum absolute atomic E-state index is 0.0973. The monoisotopic (exact) mass is 452 g/mol. The van der Waals surface area contributed by atoms with Crippen LogP contribution in [0.5, 0.6) is 11.5 Å². The molecule has 4 rings (SSSR count). The second-order valence-corrected chi connectivity index (χ2v) is 11.2. The smallest absolute Gasteiger partial charge is 0.241 e. The van der Waals surface area contributed by atoms with Crippen molar-refractivity contribution in [3.8, 4) is 11.5 Å². The van der Waals surface area contributed by atoms with Gasteiger partial charge in [0.25, 0.3) is 0 Å². The topological polar surface area (TPSA) is 102 Å². The van der Waals surface area contributed by atoms with Crippen molar-refractivity contribution in [3.05, 3.63) is 47.0 Å². The van der Waals surface area contributed by atoms with Crippen LogP contribution < -0.4 is 18.5 Å². The van der Waals surface area contributed by atoms with Crippen molar-refractivity contribution in [3.63, 3.8) is 0 Å². The molecule has 0 radical (unpaired) electrons. The summed E-state index contributed by atoms with van der Waals surface area (Å²) in [6, 6.07) is 8.53. The lowest BCUT2D eigenvalue weighted by Crippen LogP contribution is -2.38. The summed E-state index contributed by atoms with van der Waals surface area (Å²) < 4.78 is 65.4. The van der Waals surface area contributed by atoms with Crippen molar-refractivity contribution in [2.24, 2.45) is 0 Å². The number of hydrogen-bond donors (Lipinski definition) is 1. The largest absolute Gasteiger partial charge is 0.454 e. The van der Waals surface area contributed by atoms with Gasteiger partial charge in [0.1, 0.15) is 0 Å². The molecule has 0 amide bonds. The molecule has 2 aromatic rings. The summed E-state index contributed by atoms with van der Waals surface area (Å²) >= 11 is 0. The highest BCUT2D eigenvalue weighted by Crippen LogP contribution is 2.33. The first-order valence-corrected chi connectivity index (χ1v) is 12.8. The number of nitrogens with one attached hydrogen (secondary N) is 1. The van der Waals surface area contributed by atoms with Gasteiger partial charge in [-0.1, -0.05) is 6.07 Å². The summed E-state index contributed by atoms with van der Waals surface area (Å²) in [6.07, 6.45) is 1.43. The zero-order valence-corrected chi connectivity index (χ0v) is 18.5. The van der Waals surface area contributed by atoms with Crippen LogP contribution in [0.3, 0.4) is 0 Å². The van der Waals surface area contributed by atoms with E-state index >= 15 is 0 Å². The molecule has 2 heterocycles. The number of hydrogen-bond acceptors (Lipinski definition) is 6. The van der Waals surface area contributed by atoms with Crippen LogP contribution in [0.2, 0.25) is 0 Å². The summed E-state index contributed by atoms with van der Waals surface area (Å²) in [6.45, 7) is 4.03. The Kier molecular flexibility index (Phi) is 5.41. The average Bonchev–Trinajstić information content (AvgIpc) is 3.13. The van der Waals surface area contributed by atoms with Crippen molar-refractivity contribution in [2.45, 2.75) is 38.1 Å². The summed E-state index contributed by atoms with van der Waals surface area (Å²) in [5, 5.41) is 0. The molecule has 162 valence electrons. The maximum absolute atomic E-state index is 13.0. The molecule has 8 nitrogen and oxygen atoms in total. The van der Waals surface area contributed by atoms with E-state index in [-0.39, 0.29) is 24.0 Å². The summed E-state index contributed by atoms with van der Waals surface area (Å²) in [4.78, 5) is 0.168. The van der Waals surface area contributed by atoms with Crippen LogP contribution in [0.25, 0.3) is 0 Å². The third-order valence-electron chi connectivity index (χ3n) is 5.25. The Balaban J connectivity index is 1.58. The normalized spacial score (nSPS) is 17.9. The molecule has 1 N–H and O–H groups in total. The predicted octanol–water partition coefficient (Wildman–Crippen LogP) is 2.44. The fourth-order valence-corrected chi connectivity index (χ4v) is 6.97. The van der Waals surface area contributed by atoms with Gasteiger partial charge in [0.15, 0.2) is 11.5 Å². The first kappa shape index (κ1) is 21.0. The molecule has 30 heavy (non-hydrogen) atoms. The van der Waals surface area contributed by atoms with Gasteiger partial charge in [-0.05, 0) is 67.6 Å². The first-order chi connectivity index (χ1) is 14.2. The van der Waals surface area contributed by atoms with Crippen molar-refractivity contribution in [1.82, 2.24) is 4.72 Å². The first-order valence-electron chi connectivity index (χ1n) is 9.67. The average molecular weight is 453 g/mol. The Morgan fingerprint density at radius 2 is 1.73 bits per heavy atom. The standard InChI is InChI=1S/C20H24N2O6S2/c1-14-9-17(22-7-3-4-8-29(22,23)24)10-15(2)20(14)30(25,26)21-12-16-5-6-18-19(11-16)28-13-27-18/h5-6,9-11,21H,3-4,7-8,12-13H2,1-2H3. The van der Waals surface area contributed by atoms with Gasteiger partial charge in [0.2, 0.25) is 26.8 Å². The molecular formula is C20H24N2O6S2. The number of anilines is 1. The van der Waals surface area contributed by atoms with Gasteiger partial charge in [-0.15, -0.1) is 0 Å². The summed E-state index contributed by atoms with van der Waals surface area (Å²) in [5.41, 5.74) is 2.27. The van der Waals surface area contributed by atoms with Crippen LogP contribution in [0, 0.1) is 13.8 Å². The lowest BCUT2D eigenvalue weighted by atomic mass is 10.1. The number of fused-ring (bicyclic) bond motifs is 1. The van der Waals surface area contributed by atoms with Crippen molar-refractivity contribution in [2.75, 3.05) is 23.4 Å². The van der Waals surface area contributed by atoms with Crippen molar-refractivity contribution in [1.29, 1.82) is 0 Å². The molecular weight excluding hydrogens is 428 g/mol. The Morgan fingerprint density at radius 1 is 1.03 bits per heavy atom. The Morgan fingerprint density at radius 3 is 2.43 bits per heavy atom. The van der Waals surface area contributed by atoms with E-state index in [0.29, 0.717) is 41.3 Å². The van der Waals surface area contributed by atoms with Crippen LogP contribution in [0.4, 0.5) is 5.69 Å². The maximum atomic E-state index is 13.0. The van der Waals surface area contributed by atoms with Gasteiger partial charge in [0, 0.05) is 13.1 Å². The van der Waals surface area contributed by atoms with E-state index in [1.54, 1.807) is 44.2 Å². The maximum Gasteiger partial charge on any atom is 0.241 e. The van der Waals surface area contributed by atoms with Gasteiger partial charge in [-0.2, -0.15) is 0 Å². The van der Waals surface area contributed by atoms with Gasteiger partial charge in [-0.25, -0.2) is 21.6 Å². The van der Waals surface area contributed by atoms with E-state index in [1.807, 2.05) is 0 Å². The van der Waals surface area contributed by atoms with Crippen LogP contribution in [-0.2, 0) is 26.6 Å². The molecule has 0 unspecified atom stereocenters. The minimum Gasteiger partial charge on any atom is -0.454 e. The Hall–Kier alpha value is -2.30. The molecule has 10 heteroatoms. The fraction of sp³-hybridized carbons (Fsp3) is 0.400. The van der Waals surface area contributed by atoms with Crippen LogP contribution in [0.15, 0.2) is 35.2 Å². The van der Waals surface area contributed by atoms with E-state index in [9.17, 15) is 16.8 Å². The molecule has 1 saturated heterocycles. The van der Waals surface area contributed by atoms with Crippen LogP contribution >= 0.6 is 0 Å². The molecule has 0 aliphatic carbocycles. The highest BCUT2D eigenvalue weighted by atomic mass is 32.2. The molecule has 0 aromatic heterocycles. The molecule has 0 atom stereocenters. The summed E-state index contributed by atoms with van der Waals surface area (Å²) in [7, 11) is -7.16. The van der Waals surface area contributed by atoms with Gasteiger partial charge in [0.05, 0.1) is 16.3 Å². The SMILES string of the molecule is Cc1cc(N2CCCCS2(=O)=O)cc(C)c1S(=O)(=O)NCc1ccc2c(c1)OCO2. The summed E-state index contributed by atoms with van der Waals surface area (Å²) in [5.74, 6) is 1.34. The number of rotatable bonds is 5. The van der Waals surface area contributed by atoms with Gasteiger partial charge >= 0.3 is 0 Å². The Bertz CT molecular complexity index is 1170. The molecule has 2 aromatic carbocycles. The number of ether oxygens (including phenoxy) is 2. The van der Waals surface area contributed by atoms with Crippen molar-refractivity contribution >= 4 is 25.7 Å². The predicted molar refractivity (Wildman–Crippen MR) is 113 cm³/mol. The fourth-order valence-electron chi connectivity index (χ4n) is 3.88. The zero-order valence-electron chi connectivity index (χ0n) is 16.8. The number of benzene rings is 2. The highest BCUT2D eigenvalue weighted by Gasteiger charge is 2.28. The molecule has 2 aliphatic heterocycles. The van der Waals surface area contributed by atoms with Crippen molar-refractivity contribution < 1.29 is 26.3 Å².